The van der Waals surface area contributed by atoms with Crippen molar-refractivity contribution in [3.8, 4) is 0 Å². The Hall–Kier alpha value is -2.29. The molecular weight excluding hydrogens is 394 g/mol. The topological polar surface area (TPSA) is 89.0 Å². The van der Waals surface area contributed by atoms with Gasteiger partial charge < -0.3 is 0 Å². The van der Waals surface area contributed by atoms with E-state index in [0.717, 1.165) is 16.9 Å². The van der Waals surface area contributed by atoms with Gasteiger partial charge in [0.15, 0.2) is 0 Å². The van der Waals surface area contributed by atoms with Gasteiger partial charge in [0.25, 0.3) is 5.91 Å². The summed E-state index contributed by atoms with van der Waals surface area (Å²) < 4.78 is 24.9. The predicted molar refractivity (Wildman–Crippen MR) is 101 cm³/mol. The molecule has 0 bridgehead atoms. The summed E-state index contributed by atoms with van der Waals surface area (Å²) in [7, 11) is -3.71. The van der Waals surface area contributed by atoms with Gasteiger partial charge in [-0.05, 0) is 30.2 Å². The van der Waals surface area contributed by atoms with Crippen LogP contribution in [-0.4, -0.2) is 24.5 Å². The van der Waals surface area contributed by atoms with Crippen LogP contribution in [0, 0.1) is 6.92 Å². The summed E-state index contributed by atoms with van der Waals surface area (Å²) in [5.74, 6) is -0.651. The molecule has 0 fully saturated rings. The first-order chi connectivity index (χ1) is 12.4. The van der Waals surface area contributed by atoms with Gasteiger partial charge in [-0.3, -0.25) is 10.1 Å². The minimum Gasteiger partial charge on any atom is -0.296 e. The average Bonchev–Trinajstić information content (AvgIpc) is 3.06. The molecule has 134 valence electrons. The Morgan fingerprint density at radius 3 is 2.54 bits per heavy atom. The lowest BCUT2D eigenvalue weighted by Crippen LogP contribution is -2.12. The van der Waals surface area contributed by atoms with Crippen molar-refractivity contribution in [3.05, 3.63) is 70.2 Å². The van der Waals surface area contributed by atoms with Crippen LogP contribution in [0.25, 0.3) is 0 Å². The number of halogens is 1. The number of amides is 1. The van der Waals surface area contributed by atoms with E-state index in [1.54, 1.807) is 36.4 Å². The molecule has 0 aliphatic heterocycles. The summed E-state index contributed by atoms with van der Waals surface area (Å²) in [5.41, 5.74) is 1.78. The van der Waals surface area contributed by atoms with Crippen LogP contribution in [-0.2, 0) is 15.6 Å². The monoisotopic (exact) mass is 407 g/mol. The molecule has 1 amide bonds. The highest BCUT2D eigenvalue weighted by Gasteiger charge is 2.23. The molecule has 1 aromatic heterocycles. The molecule has 0 atom stereocenters. The number of carbonyl (C=O) groups excluding carboxylic acids is 1. The summed E-state index contributed by atoms with van der Waals surface area (Å²) in [4.78, 5) is 12.3. The molecule has 0 radical (unpaired) electrons. The van der Waals surface area contributed by atoms with Gasteiger partial charge in [-0.1, -0.05) is 59.3 Å². The lowest BCUT2D eigenvalue weighted by atomic mass is 10.1. The molecule has 0 aliphatic rings. The first kappa shape index (κ1) is 18.5. The summed E-state index contributed by atoms with van der Waals surface area (Å²) in [5, 5.41) is 10.5. The molecule has 26 heavy (non-hydrogen) atoms. The highest BCUT2D eigenvalue weighted by atomic mass is 35.5. The predicted octanol–water partition coefficient (Wildman–Crippen LogP) is 3.73. The van der Waals surface area contributed by atoms with Crippen molar-refractivity contribution in [1.82, 2.24) is 10.2 Å². The molecule has 3 aromatic rings. The number of aromatic nitrogens is 2. The molecule has 2 aromatic carbocycles. The van der Waals surface area contributed by atoms with E-state index in [1.165, 1.54) is 0 Å². The number of nitrogens with zero attached hydrogens (tertiary/aromatic N) is 2. The van der Waals surface area contributed by atoms with Gasteiger partial charge in [0, 0.05) is 10.6 Å². The fraction of sp³-hybridized carbons (Fsp3) is 0.118. The Bertz CT molecular complexity index is 1060. The van der Waals surface area contributed by atoms with E-state index in [9.17, 15) is 13.2 Å². The number of rotatable bonds is 5. The van der Waals surface area contributed by atoms with Crippen LogP contribution in [0.1, 0.15) is 21.5 Å². The second-order valence-corrected chi connectivity index (χ2v) is 9.04. The highest BCUT2D eigenvalue weighted by molar-refractivity contribution is 7.92. The number of hydrogen-bond acceptors (Lipinski definition) is 6. The van der Waals surface area contributed by atoms with Crippen LogP contribution in [0.5, 0.6) is 0 Å². The summed E-state index contributed by atoms with van der Waals surface area (Å²) >= 11 is 6.83. The second-order valence-electron chi connectivity index (χ2n) is 5.49. The van der Waals surface area contributed by atoms with Gasteiger partial charge in [0.2, 0.25) is 19.3 Å². The van der Waals surface area contributed by atoms with Crippen LogP contribution in [0.4, 0.5) is 5.13 Å². The third kappa shape index (κ3) is 4.09. The quantitative estimate of drug-likeness (QED) is 0.651. The van der Waals surface area contributed by atoms with Crippen molar-refractivity contribution < 1.29 is 13.2 Å². The first-order valence-corrected chi connectivity index (χ1v) is 10.4. The van der Waals surface area contributed by atoms with E-state index >= 15 is 0 Å². The third-order valence-corrected chi connectivity index (χ3v) is 6.90. The maximum absolute atomic E-state index is 12.5. The number of nitrogens with one attached hydrogen (secondary N) is 1. The Labute approximate surface area is 159 Å². The normalized spacial score (nSPS) is 11.3. The average molecular weight is 408 g/mol. The van der Waals surface area contributed by atoms with Crippen molar-refractivity contribution in [3.63, 3.8) is 0 Å². The van der Waals surface area contributed by atoms with Crippen LogP contribution in [0.3, 0.4) is 0 Å². The van der Waals surface area contributed by atoms with Gasteiger partial charge >= 0.3 is 0 Å². The molecule has 9 heteroatoms. The minimum atomic E-state index is -3.71. The number of hydrogen-bond donors (Lipinski definition) is 1. The molecule has 6 nitrogen and oxygen atoms in total. The van der Waals surface area contributed by atoms with Gasteiger partial charge in [-0.2, -0.15) is 0 Å². The van der Waals surface area contributed by atoms with Crippen LogP contribution in [0.2, 0.25) is 5.02 Å². The van der Waals surface area contributed by atoms with Gasteiger partial charge in [0.1, 0.15) is 0 Å². The first-order valence-electron chi connectivity index (χ1n) is 7.53. The Morgan fingerprint density at radius 2 is 1.81 bits per heavy atom. The molecule has 0 saturated heterocycles. The van der Waals surface area contributed by atoms with Gasteiger partial charge in [-0.25, -0.2) is 8.42 Å². The summed E-state index contributed by atoms with van der Waals surface area (Å²) in [6, 6.07) is 13.8. The Balaban J connectivity index is 1.78. The molecule has 0 spiro atoms. The van der Waals surface area contributed by atoms with E-state index in [1.807, 2.05) is 19.1 Å². The molecule has 1 N–H and O–H groups in total. The molecule has 3 rings (SSSR count). The fourth-order valence-electron chi connectivity index (χ4n) is 2.26. The van der Waals surface area contributed by atoms with Gasteiger partial charge in [-0.15, -0.1) is 10.2 Å². The van der Waals surface area contributed by atoms with Crippen LogP contribution >= 0.6 is 22.9 Å². The highest BCUT2D eigenvalue weighted by Crippen LogP contribution is 2.26. The lowest BCUT2D eigenvalue weighted by Gasteiger charge is -2.04. The summed E-state index contributed by atoms with van der Waals surface area (Å²) in [6.45, 7) is 1.81. The molecule has 1 heterocycles. The van der Waals surface area contributed by atoms with Crippen molar-refractivity contribution in [2.24, 2.45) is 0 Å². The smallest absolute Gasteiger partial charge is 0.257 e. The largest absolute Gasteiger partial charge is 0.296 e. The maximum atomic E-state index is 12.5. The van der Waals surface area contributed by atoms with Crippen LogP contribution in [0.15, 0.2) is 52.9 Å². The molecular formula is C17H14ClN3O3S2. The number of benzene rings is 2. The molecule has 0 unspecified atom stereocenters. The molecule has 0 aliphatic carbocycles. The number of sulfone groups is 1. The van der Waals surface area contributed by atoms with Crippen molar-refractivity contribution >= 4 is 43.8 Å². The van der Waals surface area contributed by atoms with Crippen molar-refractivity contribution in [2.45, 2.75) is 17.0 Å². The fourth-order valence-corrected chi connectivity index (χ4v) is 4.89. The Morgan fingerprint density at radius 1 is 1.12 bits per heavy atom. The van der Waals surface area contributed by atoms with Crippen LogP contribution < -0.4 is 5.32 Å². The van der Waals surface area contributed by atoms with E-state index < -0.39 is 9.84 Å². The van der Waals surface area contributed by atoms with Crippen molar-refractivity contribution in [2.75, 3.05) is 5.32 Å². The SMILES string of the molecule is Cc1ccccc1C(=O)Nc1nnc(S(=O)(=O)Cc2ccccc2Cl)s1. The van der Waals surface area contributed by atoms with Gasteiger partial charge in [0.05, 0.1) is 5.75 Å². The Kier molecular flexibility index (Phi) is 5.36. The third-order valence-electron chi connectivity index (χ3n) is 3.59. The van der Waals surface area contributed by atoms with E-state index in [0.29, 0.717) is 16.1 Å². The number of anilines is 1. The summed E-state index contributed by atoms with van der Waals surface area (Å²) in [6.07, 6.45) is 0. The maximum Gasteiger partial charge on any atom is 0.257 e. The second kappa shape index (κ2) is 7.53. The molecule has 0 saturated carbocycles. The number of aryl methyl sites for hydroxylation is 1. The minimum absolute atomic E-state index is 0.121. The zero-order valence-corrected chi connectivity index (χ0v) is 16.0. The number of carbonyl (C=O) groups is 1. The van der Waals surface area contributed by atoms with E-state index in [2.05, 4.69) is 15.5 Å². The standard InChI is InChI=1S/C17H14ClN3O3S2/c1-11-6-2-4-8-13(11)15(22)19-16-20-21-17(25-16)26(23,24)10-12-7-3-5-9-14(12)18/h2-9H,10H2,1H3,(H,19,20,22). The van der Waals surface area contributed by atoms with Crippen molar-refractivity contribution in [1.29, 1.82) is 0 Å². The lowest BCUT2D eigenvalue weighted by molar-refractivity contribution is 0.102. The van der Waals surface area contributed by atoms with E-state index in [-0.39, 0.29) is 21.1 Å². The zero-order valence-electron chi connectivity index (χ0n) is 13.6. The zero-order chi connectivity index (χ0) is 18.7. The van der Waals surface area contributed by atoms with E-state index in [4.69, 9.17) is 11.6 Å².